The molecule has 1 aromatic heterocycles. The molecular formula is C52H34O2. The van der Waals surface area contributed by atoms with Crippen molar-refractivity contribution in [3.63, 3.8) is 0 Å². The van der Waals surface area contributed by atoms with Gasteiger partial charge < -0.3 is 4.42 Å². The number of rotatable bonds is 4. The molecule has 2 heteroatoms. The molecule has 2 aliphatic rings. The third kappa shape index (κ3) is 4.25. The third-order valence-electron chi connectivity index (χ3n) is 12.0. The first kappa shape index (κ1) is 30.8. The number of benzene rings is 8. The van der Waals surface area contributed by atoms with Crippen LogP contribution in [-0.4, -0.2) is 0 Å². The van der Waals surface area contributed by atoms with Gasteiger partial charge in [0.05, 0.1) is 10.8 Å². The monoisotopic (exact) mass is 690 g/mol. The Morgan fingerprint density at radius 1 is 0.444 bits per heavy atom. The summed E-state index contributed by atoms with van der Waals surface area (Å²) >= 11 is 0. The number of para-hydroxylation sites is 1. The van der Waals surface area contributed by atoms with Crippen molar-refractivity contribution in [1.29, 1.82) is 0 Å². The van der Waals surface area contributed by atoms with Crippen molar-refractivity contribution in [2.75, 3.05) is 0 Å². The molecule has 2 aliphatic carbocycles. The summed E-state index contributed by atoms with van der Waals surface area (Å²) in [5.74, 6) is 0. The van der Waals surface area contributed by atoms with E-state index in [1.807, 2.05) is 30.3 Å². The van der Waals surface area contributed by atoms with Gasteiger partial charge in [-0.15, -0.1) is 0 Å². The molecule has 1 spiro atoms. The number of hydrogen-bond acceptors (Lipinski definition) is 2. The van der Waals surface area contributed by atoms with Crippen LogP contribution < -0.4 is 5.63 Å². The van der Waals surface area contributed by atoms with Crippen LogP contribution >= 0.6 is 0 Å². The highest BCUT2D eigenvalue weighted by Gasteiger charge is 2.52. The molecule has 0 amide bonds. The van der Waals surface area contributed by atoms with Crippen molar-refractivity contribution in [1.82, 2.24) is 0 Å². The van der Waals surface area contributed by atoms with Crippen LogP contribution in [0.2, 0.25) is 0 Å². The lowest BCUT2D eigenvalue weighted by Gasteiger charge is -2.32. The Morgan fingerprint density at radius 2 is 1.02 bits per heavy atom. The van der Waals surface area contributed by atoms with E-state index in [4.69, 9.17) is 4.42 Å². The molecule has 1 heterocycles. The molecule has 54 heavy (non-hydrogen) atoms. The Morgan fingerprint density at radius 3 is 1.74 bits per heavy atom. The smallest absolute Gasteiger partial charge is 0.344 e. The van der Waals surface area contributed by atoms with Gasteiger partial charge in [-0.1, -0.05) is 158 Å². The quantitative estimate of drug-likeness (QED) is 0.136. The highest BCUT2D eigenvalue weighted by atomic mass is 16.4. The highest BCUT2D eigenvalue weighted by molar-refractivity contribution is 6.05. The molecule has 0 unspecified atom stereocenters. The molecule has 254 valence electrons. The Bertz CT molecular complexity index is 3010. The molecule has 0 fully saturated rings. The summed E-state index contributed by atoms with van der Waals surface area (Å²) in [6.45, 7) is 2.19. The zero-order chi connectivity index (χ0) is 36.0. The lowest BCUT2D eigenvalue weighted by Crippen LogP contribution is -2.27. The van der Waals surface area contributed by atoms with Crippen LogP contribution in [0.1, 0.15) is 38.9 Å². The lowest BCUT2D eigenvalue weighted by molar-refractivity contribution is 0.569. The van der Waals surface area contributed by atoms with Crippen molar-refractivity contribution in [3.8, 4) is 44.5 Å². The fourth-order valence-corrected chi connectivity index (χ4v) is 9.69. The van der Waals surface area contributed by atoms with E-state index >= 15 is 0 Å². The largest absolute Gasteiger partial charge is 0.422 e. The minimum atomic E-state index is -0.408. The summed E-state index contributed by atoms with van der Waals surface area (Å²) < 4.78 is 5.75. The van der Waals surface area contributed by atoms with E-state index in [1.165, 1.54) is 72.3 Å². The standard InChI is InChI=1S/C52H34O2/c1-32-13-2-3-15-37(32)44-30-33(34-27-28-38-42-19-7-11-24-49(42)54-51(53)45(38)31-34)25-26-35(44)29-36-14-12-20-43-41-18-6-10-23-48(41)52(50(36)43)46-21-8-4-16-39(46)40-17-5-9-22-47(40)52/h2-28,30-31H,29H2,1H3. The predicted molar refractivity (Wildman–Crippen MR) is 221 cm³/mol. The molecule has 0 saturated heterocycles. The maximum absolute atomic E-state index is 13.2. The van der Waals surface area contributed by atoms with E-state index in [-0.39, 0.29) is 5.63 Å². The van der Waals surface area contributed by atoms with Crippen LogP contribution in [0.25, 0.3) is 66.2 Å². The first-order valence-electron chi connectivity index (χ1n) is 18.7. The number of fused-ring (bicyclic) bond motifs is 13. The summed E-state index contributed by atoms with van der Waals surface area (Å²) in [4.78, 5) is 13.2. The molecule has 0 N–H and O–H groups in total. The molecule has 0 atom stereocenters. The van der Waals surface area contributed by atoms with Crippen LogP contribution in [0.15, 0.2) is 185 Å². The van der Waals surface area contributed by atoms with Gasteiger partial charge in [0.1, 0.15) is 5.58 Å². The van der Waals surface area contributed by atoms with Crippen LogP contribution in [0.3, 0.4) is 0 Å². The fraction of sp³-hybridized carbons (Fsp3) is 0.0577. The lowest BCUT2D eigenvalue weighted by atomic mass is 9.68. The molecule has 8 aromatic carbocycles. The second-order valence-electron chi connectivity index (χ2n) is 14.7. The van der Waals surface area contributed by atoms with Gasteiger partial charge >= 0.3 is 5.63 Å². The van der Waals surface area contributed by atoms with Crippen LogP contribution in [0.5, 0.6) is 0 Å². The second kappa shape index (κ2) is 11.6. The summed E-state index contributed by atoms with van der Waals surface area (Å²) in [6, 6.07) is 63.4. The number of aryl methyl sites for hydroxylation is 1. The third-order valence-corrected chi connectivity index (χ3v) is 12.0. The van der Waals surface area contributed by atoms with Crippen molar-refractivity contribution in [3.05, 3.63) is 225 Å². The predicted octanol–water partition coefficient (Wildman–Crippen LogP) is 12.5. The van der Waals surface area contributed by atoms with Crippen LogP contribution in [0, 0.1) is 6.92 Å². The zero-order valence-electron chi connectivity index (χ0n) is 29.8. The van der Waals surface area contributed by atoms with Gasteiger partial charge in [0.15, 0.2) is 0 Å². The minimum absolute atomic E-state index is 0.316. The van der Waals surface area contributed by atoms with E-state index in [2.05, 4.69) is 153 Å². The molecule has 11 rings (SSSR count). The fourth-order valence-electron chi connectivity index (χ4n) is 9.69. The maximum atomic E-state index is 13.2. The average Bonchev–Trinajstić information content (AvgIpc) is 3.69. The first-order valence-corrected chi connectivity index (χ1v) is 18.7. The van der Waals surface area contributed by atoms with Gasteiger partial charge in [-0.2, -0.15) is 0 Å². The molecule has 0 aliphatic heterocycles. The first-order chi connectivity index (χ1) is 26.6. The Labute approximate surface area is 313 Å². The van der Waals surface area contributed by atoms with E-state index in [9.17, 15) is 4.79 Å². The molecule has 2 nitrogen and oxygen atoms in total. The van der Waals surface area contributed by atoms with Crippen LogP contribution in [0.4, 0.5) is 0 Å². The molecule has 0 radical (unpaired) electrons. The summed E-state index contributed by atoms with van der Waals surface area (Å²) in [5, 5.41) is 2.44. The van der Waals surface area contributed by atoms with E-state index in [0.717, 1.165) is 28.3 Å². The normalized spacial score (nSPS) is 13.2. The van der Waals surface area contributed by atoms with Crippen molar-refractivity contribution in [2.24, 2.45) is 0 Å². The summed E-state index contributed by atoms with van der Waals surface area (Å²) in [7, 11) is 0. The maximum Gasteiger partial charge on any atom is 0.344 e. The molecule has 0 saturated carbocycles. The molecule has 9 aromatic rings. The van der Waals surface area contributed by atoms with Gasteiger partial charge in [0, 0.05) is 5.39 Å². The van der Waals surface area contributed by atoms with E-state index in [1.54, 1.807) is 0 Å². The van der Waals surface area contributed by atoms with E-state index < -0.39 is 5.41 Å². The minimum Gasteiger partial charge on any atom is -0.422 e. The van der Waals surface area contributed by atoms with E-state index in [0.29, 0.717) is 11.0 Å². The van der Waals surface area contributed by atoms with Gasteiger partial charge in [-0.3, -0.25) is 0 Å². The average molecular weight is 691 g/mol. The number of hydrogen-bond donors (Lipinski definition) is 0. The van der Waals surface area contributed by atoms with Gasteiger partial charge in [0.25, 0.3) is 0 Å². The molecule has 0 bridgehead atoms. The second-order valence-corrected chi connectivity index (χ2v) is 14.7. The van der Waals surface area contributed by atoms with Crippen molar-refractivity contribution in [2.45, 2.75) is 18.8 Å². The molecular weight excluding hydrogens is 657 g/mol. The van der Waals surface area contributed by atoms with Crippen molar-refractivity contribution < 1.29 is 4.42 Å². The Kier molecular flexibility index (Phi) is 6.63. The van der Waals surface area contributed by atoms with Gasteiger partial charge in [0.2, 0.25) is 0 Å². The van der Waals surface area contributed by atoms with Gasteiger partial charge in [-0.05, 0) is 120 Å². The summed E-state index contributed by atoms with van der Waals surface area (Å²) in [6.07, 6.45) is 0.764. The summed E-state index contributed by atoms with van der Waals surface area (Å²) in [5.41, 5.74) is 18.9. The zero-order valence-corrected chi connectivity index (χ0v) is 29.8. The Balaban J connectivity index is 1.12. The van der Waals surface area contributed by atoms with Gasteiger partial charge in [-0.25, -0.2) is 4.79 Å². The highest BCUT2D eigenvalue weighted by Crippen LogP contribution is 2.63. The topological polar surface area (TPSA) is 30.2 Å². The van der Waals surface area contributed by atoms with Crippen LogP contribution in [-0.2, 0) is 11.8 Å². The SMILES string of the molecule is Cc1ccccc1-c1cc(-c2ccc3c(c2)c(=O)oc2ccccc23)ccc1Cc1cccc2c1C1(c3ccccc3-c3ccccc31)c1ccccc1-2. The van der Waals surface area contributed by atoms with Crippen molar-refractivity contribution >= 4 is 21.7 Å². The Hall–Kier alpha value is -6.77.